The van der Waals surface area contributed by atoms with Crippen molar-refractivity contribution in [3.8, 4) is 0 Å². The molecule has 0 saturated carbocycles. The van der Waals surface area contributed by atoms with Crippen molar-refractivity contribution in [2.24, 2.45) is 0 Å². The van der Waals surface area contributed by atoms with Gasteiger partial charge in [0.05, 0.1) is 11.3 Å². The Bertz CT molecular complexity index is 785. The monoisotopic (exact) mass is 374 g/mol. The van der Waals surface area contributed by atoms with Crippen LogP contribution in [0.5, 0.6) is 0 Å². The molecule has 0 saturated heterocycles. The van der Waals surface area contributed by atoms with Crippen LogP contribution in [-0.4, -0.2) is 24.7 Å². The molecular weight excluding hydrogens is 364 g/mol. The Morgan fingerprint density at radius 1 is 1.43 bits per heavy atom. The smallest absolute Gasteiger partial charge is 0.337 e. The van der Waals surface area contributed by atoms with Crippen molar-refractivity contribution in [3.05, 3.63) is 45.8 Å². The summed E-state index contributed by atoms with van der Waals surface area (Å²) in [5.74, 6) is -1.14. The number of halogens is 1. The molecule has 1 heterocycles. The molecule has 2 rings (SSSR count). The summed E-state index contributed by atoms with van der Waals surface area (Å²) in [7, 11) is -3.80. The molecule has 0 aliphatic carbocycles. The zero-order valence-corrected chi connectivity index (χ0v) is 13.2. The first-order valence-corrected chi connectivity index (χ1v) is 8.17. The van der Waals surface area contributed by atoms with Gasteiger partial charge >= 0.3 is 5.97 Å². The van der Waals surface area contributed by atoms with Crippen LogP contribution in [0.1, 0.15) is 21.8 Å². The van der Waals surface area contributed by atoms with Gasteiger partial charge in [-0.25, -0.2) is 13.2 Å². The zero-order valence-electron chi connectivity index (χ0n) is 10.8. The first kappa shape index (κ1) is 15.5. The van der Waals surface area contributed by atoms with Gasteiger partial charge in [-0.05, 0) is 25.1 Å². The summed E-state index contributed by atoms with van der Waals surface area (Å²) < 4.78 is 31.7. The third kappa shape index (κ3) is 4.05. The van der Waals surface area contributed by atoms with Crippen LogP contribution < -0.4 is 4.72 Å². The fourth-order valence-corrected chi connectivity index (χ4v) is 3.13. The van der Waals surface area contributed by atoms with Crippen LogP contribution >= 0.6 is 15.9 Å². The predicted molar refractivity (Wildman–Crippen MR) is 78.6 cm³/mol. The number of benzene rings is 1. The highest BCUT2D eigenvalue weighted by atomic mass is 79.9. The number of aromatic nitrogens is 1. The maximum absolute atomic E-state index is 12.1. The van der Waals surface area contributed by atoms with Crippen LogP contribution in [0.3, 0.4) is 0 Å². The number of sulfonamides is 1. The molecule has 0 fully saturated rings. The second-order valence-corrected chi connectivity index (χ2v) is 6.92. The van der Waals surface area contributed by atoms with Crippen LogP contribution in [0.4, 0.5) is 5.69 Å². The maximum atomic E-state index is 12.1. The summed E-state index contributed by atoms with van der Waals surface area (Å²) in [5, 5.41) is 12.7. The SMILES string of the molecule is Cc1cc(CS(=O)(=O)Nc2cc(Br)ccc2C(=O)O)no1. The number of aromatic carboxylic acids is 1. The molecule has 0 atom stereocenters. The summed E-state index contributed by atoms with van der Waals surface area (Å²) in [4.78, 5) is 11.1. The Kier molecular flexibility index (Phi) is 4.33. The van der Waals surface area contributed by atoms with Gasteiger partial charge in [0.25, 0.3) is 0 Å². The second kappa shape index (κ2) is 5.86. The van der Waals surface area contributed by atoms with Crippen LogP contribution in [0.2, 0.25) is 0 Å². The number of anilines is 1. The molecule has 0 radical (unpaired) electrons. The van der Waals surface area contributed by atoms with Gasteiger partial charge in [-0.2, -0.15) is 0 Å². The van der Waals surface area contributed by atoms with E-state index in [0.717, 1.165) is 0 Å². The number of nitrogens with zero attached hydrogens (tertiary/aromatic N) is 1. The number of aryl methyl sites for hydroxylation is 1. The summed E-state index contributed by atoms with van der Waals surface area (Å²) in [6, 6.07) is 5.71. The van der Waals surface area contributed by atoms with E-state index in [-0.39, 0.29) is 16.9 Å². The highest BCUT2D eigenvalue weighted by Gasteiger charge is 2.19. The van der Waals surface area contributed by atoms with E-state index < -0.39 is 21.7 Å². The van der Waals surface area contributed by atoms with Crippen molar-refractivity contribution in [3.63, 3.8) is 0 Å². The van der Waals surface area contributed by atoms with Crippen molar-refractivity contribution in [2.75, 3.05) is 4.72 Å². The van der Waals surface area contributed by atoms with Gasteiger partial charge in [-0.15, -0.1) is 0 Å². The average Bonchev–Trinajstić information content (AvgIpc) is 2.72. The van der Waals surface area contributed by atoms with Crippen LogP contribution in [-0.2, 0) is 15.8 Å². The first-order chi connectivity index (χ1) is 9.77. The van der Waals surface area contributed by atoms with E-state index in [2.05, 4.69) is 25.8 Å². The van der Waals surface area contributed by atoms with Gasteiger partial charge in [0, 0.05) is 10.5 Å². The topological polar surface area (TPSA) is 110 Å². The quantitative estimate of drug-likeness (QED) is 0.831. The highest BCUT2D eigenvalue weighted by molar-refractivity contribution is 9.10. The van der Waals surface area contributed by atoms with E-state index in [9.17, 15) is 13.2 Å². The lowest BCUT2D eigenvalue weighted by Gasteiger charge is -2.10. The van der Waals surface area contributed by atoms with Crippen molar-refractivity contribution in [1.82, 2.24) is 5.16 Å². The van der Waals surface area contributed by atoms with Crippen molar-refractivity contribution < 1.29 is 22.8 Å². The van der Waals surface area contributed by atoms with Crippen LogP contribution in [0.25, 0.3) is 0 Å². The van der Waals surface area contributed by atoms with Crippen molar-refractivity contribution >= 4 is 37.6 Å². The lowest BCUT2D eigenvalue weighted by molar-refractivity contribution is 0.0698. The molecule has 2 N–H and O–H groups in total. The third-order valence-electron chi connectivity index (χ3n) is 2.49. The molecule has 1 aromatic carbocycles. The molecule has 0 amide bonds. The summed E-state index contributed by atoms with van der Waals surface area (Å²) >= 11 is 3.17. The first-order valence-electron chi connectivity index (χ1n) is 5.72. The standard InChI is InChI=1S/C12H11BrN2O5S/c1-7-4-9(14-20-7)6-21(18,19)15-11-5-8(13)2-3-10(11)12(16)17/h2-5,15H,6H2,1H3,(H,16,17). The minimum absolute atomic E-state index is 0.0166. The van der Waals surface area contributed by atoms with Gasteiger partial charge in [-0.1, -0.05) is 21.1 Å². The number of hydrogen-bond donors (Lipinski definition) is 2. The fraction of sp³-hybridized carbons (Fsp3) is 0.167. The summed E-state index contributed by atoms with van der Waals surface area (Å²) in [6.07, 6.45) is 0. The Morgan fingerprint density at radius 2 is 2.14 bits per heavy atom. The number of carboxylic acid groups (broad SMARTS) is 1. The number of rotatable bonds is 5. The predicted octanol–water partition coefficient (Wildman–Crippen LogP) is 2.39. The van der Waals surface area contributed by atoms with Gasteiger partial charge < -0.3 is 9.63 Å². The molecule has 1 aromatic heterocycles. The number of carbonyl (C=O) groups is 1. The van der Waals surface area contributed by atoms with E-state index in [1.165, 1.54) is 24.3 Å². The lowest BCUT2D eigenvalue weighted by atomic mass is 10.2. The largest absolute Gasteiger partial charge is 0.478 e. The number of hydrogen-bond acceptors (Lipinski definition) is 5. The Morgan fingerprint density at radius 3 is 2.71 bits per heavy atom. The molecule has 0 aliphatic rings. The zero-order chi connectivity index (χ0) is 15.6. The van der Waals surface area contributed by atoms with Gasteiger partial charge in [0.1, 0.15) is 17.2 Å². The van der Waals surface area contributed by atoms with Gasteiger partial charge in [0.2, 0.25) is 10.0 Å². The molecule has 0 unspecified atom stereocenters. The molecule has 0 spiro atoms. The van der Waals surface area contributed by atoms with Crippen LogP contribution in [0.15, 0.2) is 33.3 Å². The fourth-order valence-electron chi connectivity index (χ4n) is 1.67. The normalized spacial score (nSPS) is 11.3. The van der Waals surface area contributed by atoms with E-state index in [0.29, 0.717) is 10.2 Å². The Balaban J connectivity index is 2.28. The number of nitrogens with one attached hydrogen (secondary N) is 1. The van der Waals surface area contributed by atoms with E-state index in [1.54, 1.807) is 6.92 Å². The molecule has 9 heteroatoms. The van der Waals surface area contributed by atoms with Gasteiger partial charge in [0.15, 0.2) is 0 Å². The summed E-state index contributed by atoms with van der Waals surface area (Å²) in [6.45, 7) is 1.65. The van der Waals surface area contributed by atoms with Crippen LogP contribution in [0, 0.1) is 6.92 Å². The second-order valence-electron chi connectivity index (χ2n) is 4.29. The van der Waals surface area contributed by atoms with Crippen molar-refractivity contribution in [2.45, 2.75) is 12.7 Å². The highest BCUT2D eigenvalue weighted by Crippen LogP contribution is 2.23. The molecular formula is C12H11BrN2O5S. The molecule has 112 valence electrons. The van der Waals surface area contributed by atoms with E-state index in [1.807, 2.05) is 0 Å². The Hall–Kier alpha value is -1.87. The molecule has 21 heavy (non-hydrogen) atoms. The minimum Gasteiger partial charge on any atom is -0.478 e. The van der Waals surface area contributed by atoms with E-state index >= 15 is 0 Å². The molecule has 7 nitrogen and oxygen atoms in total. The third-order valence-corrected chi connectivity index (χ3v) is 4.19. The van der Waals surface area contributed by atoms with Crippen molar-refractivity contribution in [1.29, 1.82) is 0 Å². The molecule has 0 bridgehead atoms. The van der Waals surface area contributed by atoms with E-state index in [4.69, 9.17) is 9.63 Å². The molecule has 2 aromatic rings. The molecule has 0 aliphatic heterocycles. The number of carboxylic acids is 1. The van der Waals surface area contributed by atoms with Gasteiger partial charge in [-0.3, -0.25) is 4.72 Å². The summed E-state index contributed by atoms with van der Waals surface area (Å²) in [5.41, 5.74) is 0.0853. The Labute approximate surface area is 129 Å². The average molecular weight is 375 g/mol. The maximum Gasteiger partial charge on any atom is 0.337 e. The minimum atomic E-state index is -3.80. The lowest BCUT2D eigenvalue weighted by Crippen LogP contribution is -2.17.